The van der Waals surface area contributed by atoms with E-state index >= 15 is 0 Å². The zero-order chi connectivity index (χ0) is 15.2. The molecule has 1 N–H and O–H groups in total. The Bertz CT molecular complexity index is 438. The molecule has 0 bridgehead atoms. The van der Waals surface area contributed by atoms with Crippen LogP contribution in [0.5, 0.6) is 5.75 Å². The largest absolute Gasteiger partial charge is 0.492 e. The van der Waals surface area contributed by atoms with Crippen molar-refractivity contribution in [1.29, 1.82) is 0 Å². The highest BCUT2D eigenvalue weighted by atomic mass is 79.9. The molecule has 1 heterocycles. The summed E-state index contributed by atoms with van der Waals surface area (Å²) < 4.78 is 7.06. The lowest BCUT2D eigenvalue weighted by molar-refractivity contribution is -0.908. The van der Waals surface area contributed by atoms with Crippen molar-refractivity contribution in [2.45, 2.75) is 46.5 Å². The maximum absolute atomic E-state index is 5.98. The Hall–Kier alpha value is -0.540. The van der Waals surface area contributed by atoms with E-state index < -0.39 is 0 Å². The van der Waals surface area contributed by atoms with Gasteiger partial charge in [0.2, 0.25) is 0 Å². The van der Waals surface area contributed by atoms with Crippen LogP contribution in [0.1, 0.15) is 43.7 Å². The smallest absolute Gasteiger partial charge is 0.136 e. The molecule has 1 aromatic rings. The van der Waals surface area contributed by atoms with Gasteiger partial charge in [-0.15, -0.1) is 0 Å². The van der Waals surface area contributed by atoms with Crippen LogP contribution in [0.3, 0.4) is 0 Å². The highest BCUT2D eigenvalue weighted by molar-refractivity contribution is 9.10. The highest BCUT2D eigenvalue weighted by Gasteiger charge is 2.18. The number of ether oxygens (including phenoxy) is 1. The van der Waals surface area contributed by atoms with Gasteiger partial charge in [-0.2, -0.15) is 0 Å². The summed E-state index contributed by atoms with van der Waals surface area (Å²) in [6, 6.07) is 4.31. The lowest BCUT2D eigenvalue weighted by Crippen LogP contribution is -3.13. The molecule has 118 valence electrons. The second-order valence-corrected chi connectivity index (χ2v) is 7.50. The molecule has 2 nitrogen and oxygen atoms in total. The molecule has 1 saturated heterocycles. The van der Waals surface area contributed by atoms with Crippen LogP contribution in [0.4, 0.5) is 0 Å². The molecule has 2 atom stereocenters. The number of hydrogen-bond donors (Lipinski definition) is 1. The van der Waals surface area contributed by atoms with Crippen molar-refractivity contribution in [2.75, 3.05) is 26.2 Å². The minimum Gasteiger partial charge on any atom is -0.492 e. The number of hydrogen-bond acceptors (Lipinski definition) is 1. The van der Waals surface area contributed by atoms with E-state index in [-0.39, 0.29) is 0 Å². The van der Waals surface area contributed by atoms with Crippen LogP contribution in [0.15, 0.2) is 16.6 Å². The second-order valence-electron chi connectivity index (χ2n) is 6.65. The Morgan fingerprint density at radius 1 is 1.29 bits per heavy atom. The number of quaternary nitrogens is 1. The first-order valence-corrected chi connectivity index (χ1v) is 9.08. The molecule has 21 heavy (non-hydrogen) atoms. The van der Waals surface area contributed by atoms with Crippen molar-refractivity contribution >= 4 is 15.9 Å². The van der Waals surface area contributed by atoms with Crippen molar-refractivity contribution in [3.63, 3.8) is 0 Å². The Morgan fingerprint density at radius 3 is 2.81 bits per heavy atom. The van der Waals surface area contributed by atoms with Crippen LogP contribution < -0.4 is 9.64 Å². The monoisotopic (exact) mass is 354 g/mol. The summed E-state index contributed by atoms with van der Waals surface area (Å²) in [5.41, 5.74) is 2.49. The average Bonchev–Trinajstić information content (AvgIpc) is 2.41. The predicted octanol–water partition coefficient (Wildman–Crippen LogP) is 3.54. The van der Waals surface area contributed by atoms with E-state index in [1.807, 2.05) is 0 Å². The van der Waals surface area contributed by atoms with Crippen LogP contribution in [-0.2, 0) is 0 Å². The van der Waals surface area contributed by atoms with E-state index in [0.29, 0.717) is 0 Å². The molecular weight excluding hydrogens is 326 g/mol. The predicted molar refractivity (Wildman–Crippen MR) is 92.3 cm³/mol. The first-order valence-electron chi connectivity index (χ1n) is 8.29. The van der Waals surface area contributed by atoms with Gasteiger partial charge in [0.1, 0.15) is 5.75 Å². The Labute approximate surface area is 138 Å². The normalized spacial score (nSPS) is 22.3. The van der Waals surface area contributed by atoms with Gasteiger partial charge in [0, 0.05) is 5.92 Å². The minimum atomic E-state index is 0.825. The van der Waals surface area contributed by atoms with Crippen LogP contribution in [0.25, 0.3) is 0 Å². The molecule has 1 aromatic carbocycles. The third-order valence-corrected chi connectivity index (χ3v) is 5.00. The van der Waals surface area contributed by atoms with E-state index in [1.54, 1.807) is 4.90 Å². The second kappa shape index (κ2) is 8.19. The van der Waals surface area contributed by atoms with Crippen molar-refractivity contribution < 1.29 is 9.64 Å². The number of piperidine rings is 1. The molecule has 2 rings (SSSR count). The van der Waals surface area contributed by atoms with E-state index in [9.17, 15) is 0 Å². The van der Waals surface area contributed by atoms with E-state index in [2.05, 4.69) is 48.8 Å². The maximum atomic E-state index is 5.98. The van der Waals surface area contributed by atoms with Crippen LogP contribution in [0, 0.1) is 19.8 Å². The molecule has 1 aliphatic rings. The first kappa shape index (κ1) is 16.8. The summed E-state index contributed by atoms with van der Waals surface area (Å²) in [6.45, 7) is 11.5. The Balaban J connectivity index is 1.68. The Kier molecular flexibility index (Phi) is 6.56. The van der Waals surface area contributed by atoms with Gasteiger partial charge in [0.05, 0.1) is 30.7 Å². The number of halogens is 1. The van der Waals surface area contributed by atoms with Crippen LogP contribution >= 0.6 is 15.9 Å². The lowest BCUT2D eigenvalue weighted by atomic mass is 10.0. The summed E-state index contributed by atoms with van der Waals surface area (Å²) in [5, 5.41) is 0. The number of rotatable bonds is 6. The summed E-state index contributed by atoms with van der Waals surface area (Å²) in [5.74, 6) is 1.93. The van der Waals surface area contributed by atoms with Gasteiger partial charge in [0.25, 0.3) is 0 Å². The molecule has 0 amide bonds. The molecule has 1 fully saturated rings. The fourth-order valence-electron chi connectivity index (χ4n) is 3.36. The quantitative estimate of drug-likeness (QED) is 0.771. The zero-order valence-corrected chi connectivity index (χ0v) is 15.3. The summed E-state index contributed by atoms with van der Waals surface area (Å²) in [7, 11) is 0. The van der Waals surface area contributed by atoms with Crippen molar-refractivity contribution in [3.8, 4) is 5.75 Å². The number of benzene rings is 1. The van der Waals surface area contributed by atoms with Crippen molar-refractivity contribution in [1.82, 2.24) is 0 Å². The Morgan fingerprint density at radius 2 is 2.10 bits per heavy atom. The van der Waals surface area contributed by atoms with E-state index in [1.165, 1.54) is 50.0 Å². The third kappa shape index (κ3) is 5.30. The molecule has 3 heteroatoms. The van der Waals surface area contributed by atoms with Gasteiger partial charge in [-0.25, -0.2) is 0 Å². The molecule has 0 spiro atoms. The van der Waals surface area contributed by atoms with Crippen LogP contribution in [0.2, 0.25) is 0 Å². The number of likely N-dealkylation sites (tertiary alicyclic amines) is 1. The van der Waals surface area contributed by atoms with E-state index in [4.69, 9.17) is 4.74 Å². The van der Waals surface area contributed by atoms with Gasteiger partial charge >= 0.3 is 0 Å². The minimum absolute atomic E-state index is 0.825. The standard InChI is InChI=1S/C18H28BrNO/c1-14-7-6-9-20(13-14)8-4-5-10-21-18-16(3)11-15(2)12-17(18)19/h11-12,14H,4-10,13H2,1-3H3/p+1/t14-/m0/s1. The topological polar surface area (TPSA) is 13.7 Å². The first-order chi connectivity index (χ1) is 10.1. The summed E-state index contributed by atoms with van der Waals surface area (Å²) in [6.07, 6.45) is 5.25. The maximum Gasteiger partial charge on any atom is 0.136 e. The molecule has 0 saturated carbocycles. The lowest BCUT2D eigenvalue weighted by Gasteiger charge is -2.27. The van der Waals surface area contributed by atoms with Crippen molar-refractivity contribution in [2.24, 2.45) is 5.92 Å². The average molecular weight is 355 g/mol. The third-order valence-electron chi connectivity index (χ3n) is 4.41. The summed E-state index contributed by atoms with van der Waals surface area (Å²) >= 11 is 3.61. The SMILES string of the molecule is Cc1cc(C)c(OCCCC[NH+]2CCC[C@H](C)C2)c(Br)c1. The molecule has 1 aliphatic heterocycles. The molecule has 0 aromatic heterocycles. The molecule has 0 radical (unpaired) electrons. The van der Waals surface area contributed by atoms with Gasteiger partial charge in [0.15, 0.2) is 0 Å². The number of nitrogens with one attached hydrogen (secondary N) is 1. The van der Waals surface area contributed by atoms with Gasteiger partial charge in [-0.05, 0) is 72.7 Å². The van der Waals surface area contributed by atoms with Gasteiger partial charge in [-0.3, -0.25) is 0 Å². The zero-order valence-electron chi connectivity index (χ0n) is 13.7. The fraction of sp³-hybridized carbons (Fsp3) is 0.667. The number of unbranched alkanes of at least 4 members (excludes halogenated alkanes) is 1. The summed E-state index contributed by atoms with van der Waals surface area (Å²) in [4.78, 5) is 1.79. The molecule has 0 aliphatic carbocycles. The number of aryl methyl sites for hydroxylation is 2. The fourth-order valence-corrected chi connectivity index (χ4v) is 4.15. The molecule has 1 unspecified atom stereocenters. The van der Waals surface area contributed by atoms with Gasteiger partial charge in [-0.1, -0.05) is 13.0 Å². The van der Waals surface area contributed by atoms with Crippen LogP contribution in [-0.4, -0.2) is 26.2 Å². The molecular formula is C18H29BrNO+. The van der Waals surface area contributed by atoms with Crippen molar-refractivity contribution in [3.05, 3.63) is 27.7 Å². The van der Waals surface area contributed by atoms with E-state index in [0.717, 1.165) is 29.2 Å². The highest BCUT2D eigenvalue weighted by Crippen LogP contribution is 2.30. The van der Waals surface area contributed by atoms with Gasteiger partial charge < -0.3 is 9.64 Å².